The van der Waals surface area contributed by atoms with Crippen molar-refractivity contribution >= 4 is 11.8 Å². The van der Waals surface area contributed by atoms with Crippen LogP contribution in [-0.4, -0.2) is 57.0 Å². The van der Waals surface area contributed by atoms with Gasteiger partial charge in [0, 0.05) is 38.5 Å². The van der Waals surface area contributed by atoms with E-state index in [4.69, 9.17) is 0 Å². The zero-order valence-electron chi connectivity index (χ0n) is 14.6. The molecule has 2 aliphatic rings. The molecule has 2 amide bonds. The lowest BCUT2D eigenvalue weighted by Crippen LogP contribution is -2.51. The van der Waals surface area contributed by atoms with Gasteiger partial charge in [0.05, 0.1) is 18.8 Å². The van der Waals surface area contributed by atoms with Crippen LogP contribution in [-0.2, 0) is 16.1 Å². The lowest BCUT2D eigenvalue weighted by atomic mass is 10.0. The van der Waals surface area contributed by atoms with Crippen molar-refractivity contribution in [2.75, 3.05) is 19.6 Å². The summed E-state index contributed by atoms with van der Waals surface area (Å²) in [6, 6.07) is 1.15. The third-order valence-electron chi connectivity index (χ3n) is 4.82. The molecule has 25 heavy (non-hydrogen) atoms. The van der Waals surface area contributed by atoms with Crippen LogP contribution in [0.1, 0.15) is 44.8 Å². The topological polar surface area (TPSA) is 58.4 Å². The largest absolute Gasteiger partial charge is 0.340 e. The Bertz CT molecular complexity index is 649. The highest BCUT2D eigenvalue weighted by Gasteiger charge is 2.40. The first kappa shape index (κ1) is 17.8. The van der Waals surface area contributed by atoms with Crippen LogP contribution in [0, 0.1) is 5.92 Å². The van der Waals surface area contributed by atoms with Gasteiger partial charge in [-0.3, -0.25) is 14.3 Å². The molecule has 3 rings (SSSR count). The highest BCUT2D eigenvalue weighted by atomic mass is 19.3. The Balaban J connectivity index is 1.76. The van der Waals surface area contributed by atoms with Gasteiger partial charge >= 0.3 is 0 Å². The van der Waals surface area contributed by atoms with E-state index in [-0.39, 0.29) is 50.2 Å². The minimum absolute atomic E-state index is 0.00503. The lowest BCUT2D eigenvalue weighted by molar-refractivity contribution is -0.144. The van der Waals surface area contributed by atoms with Gasteiger partial charge in [-0.25, -0.2) is 8.78 Å². The summed E-state index contributed by atoms with van der Waals surface area (Å²) in [6.45, 7) is 4.70. The zero-order chi connectivity index (χ0) is 18.2. The molecule has 0 N–H and O–H groups in total. The third kappa shape index (κ3) is 3.82. The highest BCUT2D eigenvalue weighted by molar-refractivity contribution is 5.83. The number of fused-ring (bicyclic) bond motifs is 1. The molecule has 1 aromatic rings. The number of rotatable bonds is 3. The van der Waals surface area contributed by atoms with Gasteiger partial charge in [0.15, 0.2) is 0 Å². The van der Waals surface area contributed by atoms with Gasteiger partial charge < -0.3 is 9.80 Å². The Kier molecular flexibility index (Phi) is 4.79. The Labute approximate surface area is 145 Å². The number of hydrogen-bond donors (Lipinski definition) is 0. The van der Waals surface area contributed by atoms with Crippen LogP contribution in [0.15, 0.2) is 12.3 Å². The number of halogens is 2. The van der Waals surface area contributed by atoms with E-state index < -0.39 is 12.0 Å². The molecule has 0 aliphatic carbocycles. The van der Waals surface area contributed by atoms with E-state index in [1.54, 1.807) is 21.8 Å². The Hall–Kier alpha value is -1.99. The summed E-state index contributed by atoms with van der Waals surface area (Å²) in [5, 5.41) is 4.22. The van der Waals surface area contributed by atoms with Crippen molar-refractivity contribution in [1.82, 2.24) is 19.6 Å². The number of hydrogen-bond acceptors (Lipinski definition) is 3. The quantitative estimate of drug-likeness (QED) is 0.835. The SMILES string of the molecule is CC(C)CC(=O)N1Cc2ccnn2C(C(=O)N2CCC(F)(F)CC2)C1. The maximum atomic E-state index is 13.4. The fourth-order valence-electron chi connectivity index (χ4n) is 3.41. The van der Waals surface area contributed by atoms with Gasteiger partial charge in [-0.2, -0.15) is 5.10 Å². The molecule has 6 nitrogen and oxygen atoms in total. The van der Waals surface area contributed by atoms with Crippen LogP contribution in [0.4, 0.5) is 8.78 Å². The summed E-state index contributed by atoms with van der Waals surface area (Å²) in [6.07, 6.45) is 1.40. The average Bonchev–Trinajstić information content (AvgIpc) is 3.01. The van der Waals surface area contributed by atoms with Crippen LogP contribution in [0.25, 0.3) is 0 Å². The molecule has 0 bridgehead atoms. The van der Waals surface area contributed by atoms with Gasteiger partial charge in [0.2, 0.25) is 11.8 Å². The van der Waals surface area contributed by atoms with Crippen molar-refractivity contribution in [1.29, 1.82) is 0 Å². The number of carbonyl (C=O) groups excluding carboxylic acids is 2. The molecule has 3 heterocycles. The van der Waals surface area contributed by atoms with Crippen molar-refractivity contribution in [3.05, 3.63) is 18.0 Å². The van der Waals surface area contributed by atoms with E-state index >= 15 is 0 Å². The van der Waals surface area contributed by atoms with Gasteiger partial charge in [0.25, 0.3) is 5.92 Å². The smallest absolute Gasteiger partial charge is 0.251 e. The monoisotopic (exact) mass is 354 g/mol. The maximum absolute atomic E-state index is 13.4. The van der Waals surface area contributed by atoms with Gasteiger partial charge in [-0.05, 0) is 12.0 Å². The van der Waals surface area contributed by atoms with Crippen LogP contribution < -0.4 is 0 Å². The second kappa shape index (κ2) is 6.72. The Morgan fingerprint density at radius 2 is 1.96 bits per heavy atom. The summed E-state index contributed by atoms with van der Waals surface area (Å²) >= 11 is 0. The summed E-state index contributed by atoms with van der Waals surface area (Å²) < 4.78 is 28.3. The molecule has 8 heteroatoms. The van der Waals surface area contributed by atoms with Crippen molar-refractivity contribution in [2.45, 2.75) is 51.6 Å². The predicted octanol–water partition coefficient (Wildman–Crippen LogP) is 2.07. The van der Waals surface area contributed by atoms with E-state index in [9.17, 15) is 18.4 Å². The molecule has 0 spiro atoms. The van der Waals surface area contributed by atoms with Gasteiger partial charge in [-0.15, -0.1) is 0 Å². The zero-order valence-corrected chi connectivity index (χ0v) is 14.6. The molecule has 0 saturated carbocycles. The first-order chi connectivity index (χ1) is 11.8. The molecular weight excluding hydrogens is 330 g/mol. The van der Waals surface area contributed by atoms with Crippen molar-refractivity contribution < 1.29 is 18.4 Å². The summed E-state index contributed by atoms with van der Waals surface area (Å²) in [7, 11) is 0. The Morgan fingerprint density at radius 1 is 1.28 bits per heavy atom. The number of alkyl halides is 2. The molecule has 2 aliphatic heterocycles. The van der Waals surface area contributed by atoms with Crippen molar-refractivity contribution in [3.63, 3.8) is 0 Å². The fourth-order valence-corrected chi connectivity index (χ4v) is 3.41. The Morgan fingerprint density at radius 3 is 2.60 bits per heavy atom. The first-order valence-electron chi connectivity index (χ1n) is 8.73. The van der Waals surface area contributed by atoms with Crippen LogP contribution in [0.3, 0.4) is 0 Å². The van der Waals surface area contributed by atoms with E-state index in [0.717, 1.165) is 5.69 Å². The second-order valence-corrected chi connectivity index (χ2v) is 7.34. The number of nitrogens with zero attached hydrogens (tertiary/aromatic N) is 4. The van der Waals surface area contributed by atoms with Crippen LogP contribution in [0.2, 0.25) is 0 Å². The van der Waals surface area contributed by atoms with E-state index in [0.29, 0.717) is 13.0 Å². The third-order valence-corrected chi connectivity index (χ3v) is 4.82. The number of aromatic nitrogens is 2. The van der Waals surface area contributed by atoms with Crippen LogP contribution >= 0.6 is 0 Å². The van der Waals surface area contributed by atoms with Gasteiger partial charge in [0.1, 0.15) is 6.04 Å². The molecule has 1 atom stereocenters. The van der Waals surface area contributed by atoms with Crippen molar-refractivity contribution in [3.8, 4) is 0 Å². The van der Waals surface area contributed by atoms with E-state index in [1.807, 2.05) is 13.8 Å². The average molecular weight is 354 g/mol. The lowest BCUT2D eigenvalue weighted by Gasteiger charge is -2.38. The molecule has 138 valence electrons. The van der Waals surface area contributed by atoms with E-state index in [1.165, 1.54) is 4.90 Å². The molecule has 0 radical (unpaired) electrons. The number of likely N-dealkylation sites (tertiary alicyclic amines) is 1. The predicted molar refractivity (Wildman–Crippen MR) is 86.9 cm³/mol. The molecule has 1 aromatic heterocycles. The minimum atomic E-state index is -2.69. The molecule has 1 saturated heterocycles. The molecule has 0 aromatic carbocycles. The maximum Gasteiger partial charge on any atom is 0.251 e. The van der Waals surface area contributed by atoms with Crippen molar-refractivity contribution in [2.24, 2.45) is 5.92 Å². The number of piperidine rings is 1. The summed E-state index contributed by atoms with van der Waals surface area (Å²) in [5.74, 6) is -2.69. The summed E-state index contributed by atoms with van der Waals surface area (Å²) in [5.41, 5.74) is 0.795. The number of amides is 2. The normalized spacial score (nSPS) is 22.8. The highest BCUT2D eigenvalue weighted by Crippen LogP contribution is 2.30. The molecule has 1 unspecified atom stereocenters. The number of carbonyl (C=O) groups is 2. The molecule has 1 fully saturated rings. The standard InChI is InChI=1S/C17H24F2N4O2/c1-12(2)9-15(24)22-10-13-3-6-20-23(13)14(11-22)16(25)21-7-4-17(18,19)5-8-21/h3,6,12,14H,4-5,7-11H2,1-2H3. The first-order valence-corrected chi connectivity index (χ1v) is 8.73. The van der Waals surface area contributed by atoms with Crippen LogP contribution in [0.5, 0.6) is 0 Å². The minimum Gasteiger partial charge on any atom is -0.340 e. The van der Waals surface area contributed by atoms with Gasteiger partial charge in [-0.1, -0.05) is 13.8 Å². The molecular formula is C17H24F2N4O2. The summed E-state index contributed by atoms with van der Waals surface area (Å²) in [4.78, 5) is 28.5. The fraction of sp³-hybridized carbons (Fsp3) is 0.706. The van der Waals surface area contributed by atoms with E-state index in [2.05, 4.69) is 5.10 Å². The second-order valence-electron chi connectivity index (χ2n) is 7.34.